The topological polar surface area (TPSA) is 17.0 Å². The molecule has 0 amide bonds. The second-order valence-electron chi connectivity index (χ2n) is 4.79. The predicted molar refractivity (Wildman–Crippen MR) is 54.8 cm³/mol. The molecule has 1 aliphatic rings. The summed E-state index contributed by atoms with van der Waals surface area (Å²) in [6.45, 7) is 10.1. The van der Waals surface area contributed by atoms with Crippen LogP contribution >= 0.6 is 0 Å². The van der Waals surface area contributed by atoms with Crippen LogP contribution in [0.1, 0.15) is 32.2 Å². The van der Waals surface area contributed by atoms with Gasteiger partial charge >= 0.3 is 0 Å². The number of hydrogen-bond donors (Lipinski definition) is 1. The van der Waals surface area contributed by atoms with Crippen LogP contribution in [0.4, 0.5) is 0 Å². The minimum Gasteiger partial charge on any atom is -0.346 e. The van der Waals surface area contributed by atoms with E-state index in [2.05, 4.69) is 42.8 Å². The van der Waals surface area contributed by atoms with Gasteiger partial charge in [0.1, 0.15) is 0 Å². The maximum Gasteiger partial charge on any atom is 0.0360 e. The molecule has 1 N–H and O–H groups in total. The summed E-state index contributed by atoms with van der Waals surface area (Å²) in [7, 11) is 0. The number of rotatable bonds is 0. The van der Waals surface area contributed by atoms with Crippen LogP contribution in [0.3, 0.4) is 0 Å². The van der Waals surface area contributed by atoms with Crippen molar-refractivity contribution in [3.05, 3.63) is 23.5 Å². The third kappa shape index (κ3) is 1.51. The maximum absolute atomic E-state index is 3.38. The lowest BCUT2D eigenvalue weighted by atomic mass is 9.92. The van der Waals surface area contributed by atoms with E-state index in [1.807, 2.05) is 0 Å². The van der Waals surface area contributed by atoms with Gasteiger partial charge in [-0.3, -0.25) is 0 Å². The molecule has 0 aromatic carbocycles. The van der Waals surface area contributed by atoms with Gasteiger partial charge in [0.05, 0.1) is 0 Å². The third-order valence-electron chi connectivity index (χ3n) is 2.66. The highest BCUT2D eigenvalue weighted by atomic mass is 15.1. The van der Waals surface area contributed by atoms with E-state index in [4.69, 9.17) is 0 Å². The van der Waals surface area contributed by atoms with E-state index >= 15 is 0 Å². The lowest BCUT2D eigenvalue weighted by molar-refractivity contribution is 0.457. The molecule has 2 heterocycles. The zero-order valence-electron chi connectivity index (χ0n) is 8.72. The Hall–Kier alpha value is -0.760. The summed E-state index contributed by atoms with van der Waals surface area (Å²) in [6.07, 6.45) is 0. The number of fused-ring (bicyclic) bond motifs is 1. The lowest BCUT2D eigenvalue weighted by Gasteiger charge is -2.25. The van der Waals surface area contributed by atoms with Crippen LogP contribution in [0.15, 0.2) is 12.1 Å². The molecular formula is C11H18N2. The summed E-state index contributed by atoms with van der Waals surface area (Å²) in [4.78, 5) is 0. The second-order valence-corrected chi connectivity index (χ2v) is 4.79. The van der Waals surface area contributed by atoms with Crippen molar-refractivity contribution in [3.63, 3.8) is 0 Å². The molecule has 0 aliphatic carbocycles. The summed E-state index contributed by atoms with van der Waals surface area (Å²) in [5.41, 5.74) is 3.16. The fourth-order valence-electron chi connectivity index (χ4n) is 1.99. The van der Waals surface area contributed by atoms with Gasteiger partial charge in [0, 0.05) is 36.4 Å². The molecule has 2 nitrogen and oxygen atoms in total. The molecule has 0 radical (unpaired) electrons. The van der Waals surface area contributed by atoms with E-state index in [0.29, 0.717) is 0 Å². The predicted octanol–water partition coefficient (Wildman–Crippen LogP) is 1.89. The fraction of sp³-hybridized carbons (Fsp3) is 0.636. The van der Waals surface area contributed by atoms with Crippen molar-refractivity contribution in [2.75, 3.05) is 6.54 Å². The van der Waals surface area contributed by atoms with Crippen molar-refractivity contribution in [2.24, 2.45) is 0 Å². The second kappa shape index (κ2) is 2.88. The molecule has 0 atom stereocenters. The van der Waals surface area contributed by atoms with Gasteiger partial charge in [0.15, 0.2) is 0 Å². The molecule has 0 spiro atoms. The van der Waals surface area contributed by atoms with E-state index in [9.17, 15) is 0 Å². The monoisotopic (exact) mass is 178 g/mol. The zero-order valence-corrected chi connectivity index (χ0v) is 8.72. The van der Waals surface area contributed by atoms with Crippen LogP contribution < -0.4 is 5.32 Å². The Balaban J connectivity index is 2.43. The Kier molecular flexibility index (Phi) is 1.95. The van der Waals surface area contributed by atoms with Crippen LogP contribution in [-0.4, -0.2) is 11.1 Å². The maximum atomic E-state index is 3.38. The van der Waals surface area contributed by atoms with Crippen molar-refractivity contribution >= 4 is 0 Å². The Morgan fingerprint density at radius 1 is 1.31 bits per heavy atom. The molecule has 1 aromatic rings. The number of nitrogens with one attached hydrogen (secondary N) is 1. The summed E-state index contributed by atoms with van der Waals surface area (Å²) in [5, 5.41) is 3.38. The molecule has 72 valence electrons. The average Bonchev–Trinajstić information content (AvgIpc) is 2.45. The van der Waals surface area contributed by atoms with Gasteiger partial charge in [0.25, 0.3) is 0 Å². The Morgan fingerprint density at radius 2 is 2.08 bits per heavy atom. The number of nitrogens with zero attached hydrogens (tertiary/aromatic N) is 1. The minimum absolute atomic E-state index is 0.273. The summed E-state index contributed by atoms with van der Waals surface area (Å²) >= 11 is 0. The van der Waals surface area contributed by atoms with Crippen LogP contribution in [0.2, 0.25) is 0 Å². The lowest BCUT2D eigenvalue weighted by Crippen LogP contribution is -2.30. The quantitative estimate of drug-likeness (QED) is 0.642. The summed E-state index contributed by atoms with van der Waals surface area (Å²) in [5.74, 6) is 0. The Bertz CT molecular complexity index is 304. The van der Waals surface area contributed by atoms with E-state index in [1.54, 1.807) is 0 Å². The van der Waals surface area contributed by atoms with E-state index in [-0.39, 0.29) is 5.41 Å². The molecule has 0 unspecified atom stereocenters. The molecular weight excluding hydrogens is 160 g/mol. The fourth-order valence-corrected chi connectivity index (χ4v) is 1.99. The number of aromatic nitrogens is 1. The molecule has 13 heavy (non-hydrogen) atoms. The van der Waals surface area contributed by atoms with E-state index in [1.165, 1.54) is 11.4 Å². The zero-order chi connectivity index (χ0) is 9.47. The van der Waals surface area contributed by atoms with Crippen molar-refractivity contribution in [1.82, 2.24) is 9.88 Å². The molecule has 0 saturated carbocycles. The van der Waals surface area contributed by atoms with Gasteiger partial charge in [-0.05, 0) is 12.1 Å². The average molecular weight is 178 g/mol. The van der Waals surface area contributed by atoms with Crippen LogP contribution in [0, 0.1) is 0 Å². The number of hydrogen-bond acceptors (Lipinski definition) is 1. The minimum atomic E-state index is 0.273. The normalized spacial score (nSPS) is 17.2. The first kappa shape index (κ1) is 8.82. The molecule has 1 aromatic heterocycles. The molecule has 1 aliphatic heterocycles. The van der Waals surface area contributed by atoms with Crippen LogP contribution in [-0.2, 0) is 18.5 Å². The highest BCUT2D eigenvalue weighted by Gasteiger charge is 2.21. The standard InChI is InChI=1S/C11H18N2/c1-11(2,3)10-5-4-9-8-12-6-7-13(9)10/h4-5,12H,6-8H2,1-3H3. The van der Waals surface area contributed by atoms with Gasteiger partial charge in [-0.15, -0.1) is 0 Å². The summed E-state index contributed by atoms with van der Waals surface area (Å²) < 4.78 is 2.45. The van der Waals surface area contributed by atoms with Crippen molar-refractivity contribution < 1.29 is 0 Å². The van der Waals surface area contributed by atoms with Crippen molar-refractivity contribution in [2.45, 2.75) is 39.3 Å². The van der Waals surface area contributed by atoms with E-state index in [0.717, 1.165) is 19.6 Å². The molecule has 0 bridgehead atoms. The summed E-state index contributed by atoms with van der Waals surface area (Å²) in [6, 6.07) is 4.51. The van der Waals surface area contributed by atoms with Crippen molar-refractivity contribution in [1.29, 1.82) is 0 Å². The first-order valence-electron chi connectivity index (χ1n) is 4.98. The molecule has 0 fully saturated rings. The van der Waals surface area contributed by atoms with Gasteiger partial charge in [-0.1, -0.05) is 20.8 Å². The first-order valence-corrected chi connectivity index (χ1v) is 4.98. The highest BCUT2D eigenvalue weighted by Crippen LogP contribution is 2.25. The molecule has 2 heteroatoms. The molecule has 0 saturated heterocycles. The largest absolute Gasteiger partial charge is 0.346 e. The van der Waals surface area contributed by atoms with E-state index < -0.39 is 0 Å². The van der Waals surface area contributed by atoms with Crippen LogP contribution in [0.25, 0.3) is 0 Å². The third-order valence-corrected chi connectivity index (χ3v) is 2.66. The van der Waals surface area contributed by atoms with Gasteiger partial charge in [-0.2, -0.15) is 0 Å². The van der Waals surface area contributed by atoms with Crippen LogP contribution in [0.5, 0.6) is 0 Å². The van der Waals surface area contributed by atoms with Crippen molar-refractivity contribution in [3.8, 4) is 0 Å². The highest BCUT2D eigenvalue weighted by molar-refractivity contribution is 5.23. The van der Waals surface area contributed by atoms with Gasteiger partial charge in [0.2, 0.25) is 0 Å². The smallest absolute Gasteiger partial charge is 0.0360 e. The Morgan fingerprint density at radius 3 is 2.77 bits per heavy atom. The first-order chi connectivity index (χ1) is 6.09. The molecule has 2 rings (SSSR count). The Labute approximate surface area is 79.9 Å². The SMILES string of the molecule is CC(C)(C)c1ccc2n1CCNC2. The van der Waals surface area contributed by atoms with Gasteiger partial charge in [-0.25, -0.2) is 0 Å². The van der Waals surface area contributed by atoms with Gasteiger partial charge < -0.3 is 9.88 Å².